The van der Waals surface area contributed by atoms with Crippen molar-refractivity contribution in [2.24, 2.45) is 17.3 Å². The maximum Gasteiger partial charge on any atom is 0.307 e. The SMILES string of the molecule is O=C(O)C1CC12CCN(C(=O)C1CC(=O)N(c3ccc(F)cc3F)C1)CC2. The van der Waals surface area contributed by atoms with E-state index in [0.717, 1.165) is 12.1 Å². The van der Waals surface area contributed by atoms with Crippen molar-refractivity contribution in [3.63, 3.8) is 0 Å². The number of carbonyl (C=O) groups is 3. The van der Waals surface area contributed by atoms with Crippen LogP contribution in [0.1, 0.15) is 25.7 Å². The summed E-state index contributed by atoms with van der Waals surface area (Å²) in [5.41, 5.74) is -0.186. The molecular weight excluding hydrogens is 358 g/mol. The summed E-state index contributed by atoms with van der Waals surface area (Å²) in [6.07, 6.45) is 1.98. The van der Waals surface area contributed by atoms with Gasteiger partial charge in [-0.3, -0.25) is 14.4 Å². The highest BCUT2D eigenvalue weighted by Gasteiger charge is 2.59. The average molecular weight is 378 g/mol. The zero-order valence-corrected chi connectivity index (χ0v) is 14.7. The van der Waals surface area contributed by atoms with E-state index in [0.29, 0.717) is 32.4 Å². The number of likely N-dealkylation sites (tertiary alicyclic amines) is 1. The van der Waals surface area contributed by atoms with Crippen LogP contribution < -0.4 is 4.90 Å². The fourth-order valence-electron chi connectivity index (χ4n) is 4.49. The number of aliphatic carboxylic acids is 1. The Balaban J connectivity index is 1.39. The Morgan fingerprint density at radius 3 is 2.48 bits per heavy atom. The maximum absolute atomic E-state index is 14.0. The van der Waals surface area contributed by atoms with Crippen molar-refractivity contribution in [2.75, 3.05) is 24.5 Å². The van der Waals surface area contributed by atoms with Crippen LogP contribution in [-0.4, -0.2) is 47.4 Å². The molecular formula is C19H20F2N2O4. The molecule has 0 radical (unpaired) electrons. The van der Waals surface area contributed by atoms with Crippen molar-refractivity contribution >= 4 is 23.5 Å². The van der Waals surface area contributed by atoms with E-state index in [1.165, 1.54) is 11.0 Å². The van der Waals surface area contributed by atoms with Crippen molar-refractivity contribution < 1.29 is 28.3 Å². The van der Waals surface area contributed by atoms with E-state index in [1.54, 1.807) is 4.90 Å². The molecule has 2 heterocycles. The number of hydrogen-bond donors (Lipinski definition) is 1. The minimum Gasteiger partial charge on any atom is -0.481 e. The summed E-state index contributed by atoms with van der Waals surface area (Å²) in [7, 11) is 0. The van der Waals surface area contributed by atoms with Gasteiger partial charge < -0.3 is 14.9 Å². The van der Waals surface area contributed by atoms with Gasteiger partial charge in [0.05, 0.1) is 17.5 Å². The van der Waals surface area contributed by atoms with Crippen LogP contribution in [0.3, 0.4) is 0 Å². The highest BCUT2D eigenvalue weighted by molar-refractivity contribution is 6.00. The molecule has 27 heavy (non-hydrogen) atoms. The molecule has 2 saturated heterocycles. The zero-order valence-electron chi connectivity index (χ0n) is 14.7. The predicted octanol–water partition coefficient (Wildman–Crippen LogP) is 2.03. The number of benzene rings is 1. The van der Waals surface area contributed by atoms with Crippen LogP contribution in [0.15, 0.2) is 18.2 Å². The molecule has 1 spiro atoms. The van der Waals surface area contributed by atoms with E-state index in [1.807, 2.05) is 0 Å². The van der Waals surface area contributed by atoms with E-state index in [2.05, 4.69) is 0 Å². The second-order valence-electron chi connectivity index (χ2n) is 7.78. The van der Waals surface area contributed by atoms with Crippen LogP contribution in [-0.2, 0) is 14.4 Å². The first kappa shape index (κ1) is 17.9. The number of carbonyl (C=O) groups excluding carboxylic acids is 2. The average Bonchev–Trinajstić information content (AvgIpc) is 3.19. The van der Waals surface area contributed by atoms with Crippen molar-refractivity contribution in [1.82, 2.24) is 4.90 Å². The lowest BCUT2D eigenvalue weighted by molar-refractivity contribution is -0.140. The molecule has 1 N–H and O–H groups in total. The molecule has 1 aromatic rings. The summed E-state index contributed by atoms with van der Waals surface area (Å²) in [5, 5.41) is 9.15. The third-order valence-corrected chi connectivity index (χ3v) is 6.23. The second-order valence-corrected chi connectivity index (χ2v) is 7.78. The molecule has 1 aliphatic carbocycles. The molecule has 2 amide bonds. The summed E-state index contributed by atoms with van der Waals surface area (Å²) >= 11 is 0. The van der Waals surface area contributed by atoms with Crippen LogP contribution in [0.2, 0.25) is 0 Å². The molecule has 8 heteroatoms. The third kappa shape index (κ3) is 3.07. The van der Waals surface area contributed by atoms with Crippen LogP contribution >= 0.6 is 0 Å². The quantitative estimate of drug-likeness (QED) is 0.873. The van der Waals surface area contributed by atoms with Gasteiger partial charge in [-0.05, 0) is 36.8 Å². The maximum atomic E-state index is 14.0. The molecule has 1 saturated carbocycles. The van der Waals surface area contributed by atoms with Gasteiger partial charge in [-0.2, -0.15) is 0 Å². The smallest absolute Gasteiger partial charge is 0.307 e. The first-order valence-electron chi connectivity index (χ1n) is 9.08. The molecule has 3 fully saturated rings. The number of anilines is 1. The van der Waals surface area contributed by atoms with Crippen LogP contribution in [0, 0.1) is 28.9 Å². The zero-order chi connectivity index (χ0) is 19.3. The number of piperidine rings is 1. The van der Waals surface area contributed by atoms with Gasteiger partial charge >= 0.3 is 5.97 Å². The van der Waals surface area contributed by atoms with Crippen molar-refractivity contribution in [3.8, 4) is 0 Å². The largest absolute Gasteiger partial charge is 0.481 e. The number of rotatable bonds is 3. The molecule has 144 valence electrons. The van der Waals surface area contributed by atoms with Crippen LogP contribution in [0.5, 0.6) is 0 Å². The molecule has 0 aromatic heterocycles. The van der Waals surface area contributed by atoms with Gasteiger partial charge in [0.15, 0.2) is 0 Å². The molecule has 0 bridgehead atoms. The topological polar surface area (TPSA) is 77.9 Å². The van der Waals surface area contributed by atoms with Gasteiger partial charge in [0, 0.05) is 32.1 Å². The Hall–Kier alpha value is -2.51. The fourth-order valence-corrected chi connectivity index (χ4v) is 4.49. The summed E-state index contributed by atoms with van der Waals surface area (Å²) < 4.78 is 27.1. The standard InChI is InChI=1S/C19H20F2N2O4/c20-12-1-2-15(14(21)8-12)23-10-11(7-16(23)24)17(25)22-5-3-19(4-6-22)9-13(19)18(26)27/h1-2,8,11,13H,3-7,9-10H2,(H,26,27). The monoisotopic (exact) mass is 378 g/mol. The summed E-state index contributed by atoms with van der Waals surface area (Å²) in [6, 6.07) is 3.01. The molecule has 1 aromatic carbocycles. The van der Waals surface area contributed by atoms with E-state index >= 15 is 0 Å². The molecule has 4 rings (SSSR count). The van der Waals surface area contributed by atoms with Crippen LogP contribution in [0.25, 0.3) is 0 Å². The first-order valence-corrected chi connectivity index (χ1v) is 9.08. The molecule has 6 nitrogen and oxygen atoms in total. The summed E-state index contributed by atoms with van der Waals surface area (Å²) in [6.45, 7) is 1.04. The predicted molar refractivity (Wildman–Crippen MR) is 90.8 cm³/mol. The van der Waals surface area contributed by atoms with Gasteiger partial charge in [0.2, 0.25) is 11.8 Å². The van der Waals surface area contributed by atoms with Crippen molar-refractivity contribution in [2.45, 2.75) is 25.7 Å². The number of amides is 2. The molecule has 2 unspecified atom stereocenters. The Kier molecular flexibility index (Phi) is 4.16. The second kappa shape index (κ2) is 6.28. The number of nitrogens with zero attached hydrogens (tertiary/aromatic N) is 2. The van der Waals surface area contributed by atoms with Crippen molar-refractivity contribution in [1.29, 1.82) is 0 Å². The number of carboxylic acids is 1. The van der Waals surface area contributed by atoms with E-state index in [4.69, 9.17) is 5.11 Å². The molecule has 2 aliphatic heterocycles. The van der Waals surface area contributed by atoms with Gasteiger partial charge in [0.1, 0.15) is 11.6 Å². The first-order chi connectivity index (χ1) is 12.8. The molecule has 2 atom stereocenters. The van der Waals surface area contributed by atoms with Gasteiger partial charge in [0.25, 0.3) is 0 Å². The Morgan fingerprint density at radius 1 is 1.19 bits per heavy atom. The van der Waals surface area contributed by atoms with Gasteiger partial charge in [-0.15, -0.1) is 0 Å². The molecule has 3 aliphatic rings. The minimum absolute atomic E-state index is 0.00492. The lowest BCUT2D eigenvalue weighted by atomic mass is 9.90. The lowest BCUT2D eigenvalue weighted by Gasteiger charge is -2.34. The van der Waals surface area contributed by atoms with E-state index < -0.39 is 23.5 Å². The number of hydrogen-bond acceptors (Lipinski definition) is 3. The number of halogens is 2. The van der Waals surface area contributed by atoms with Gasteiger partial charge in [-0.1, -0.05) is 0 Å². The van der Waals surface area contributed by atoms with Crippen LogP contribution in [0.4, 0.5) is 14.5 Å². The van der Waals surface area contributed by atoms with E-state index in [-0.39, 0.29) is 41.8 Å². The van der Waals surface area contributed by atoms with Crippen molar-refractivity contribution in [3.05, 3.63) is 29.8 Å². The van der Waals surface area contributed by atoms with Gasteiger partial charge in [-0.25, -0.2) is 8.78 Å². The highest BCUT2D eigenvalue weighted by Crippen LogP contribution is 2.59. The number of carboxylic acid groups (broad SMARTS) is 1. The minimum atomic E-state index is -0.829. The van der Waals surface area contributed by atoms with E-state index in [9.17, 15) is 23.2 Å². The summed E-state index contributed by atoms with van der Waals surface area (Å²) in [4.78, 5) is 39.1. The Morgan fingerprint density at radius 2 is 1.89 bits per heavy atom. The highest BCUT2D eigenvalue weighted by atomic mass is 19.1. The third-order valence-electron chi connectivity index (χ3n) is 6.23. The lowest BCUT2D eigenvalue weighted by Crippen LogP contribution is -2.43. The Bertz CT molecular complexity index is 820. The normalized spacial score (nSPS) is 26.5. The fraction of sp³-hybridized carbons (Fsp3) is 0.526. The summed E-state index contributed by atoms with van der Waals surface area (Å²) in [5.74, 6) is -3.71. The Labute approximate surface area is 154 Å².